The Labute approximate surface area is 88.7 Å². The monoisotopic (exact) mass is 209 g/mol. The zero-order chi connectivity index (χ0) is 11.5. The lowest BCUT2D eigenvalue weighted by atomic mass is 9.87. The Morgan fingerprint density at radius 1 is 1.47 bits per heavy atom. The molecular formula is C11H15NO3. The molecule has 2 atom stereocenters. The lowest BCUT2D eigenvalue weighted by Crippen LogP contribution is -2.49. The third-order valence-corrected chi connectivity index (χ3v) is 2.39. The fraction of sp³-hybridized carbons (Fsp3) is 0.364. The second-order valence-corrected chi connectivity index (χ2v) is 3.57. The number of hydrogen-bond donors (Lipinski definition) is 2. The second kappa shape index (κ2) is 4.42. The van der Waals surface area contributed by atoms with Gasteiger partial charge in [0.05, 0.1) is 12.6 Å². The van der Waals surface area contributed by atoms with E-state index >= 15 is 0 Å². The largest absolute Gasteiger partial charge is 0.467 e. The number of benzene rings is 1. The molecule has 0 radical (unpaired) electrons. The van der Waals surface area contributed by atoms with E-state index < -0.39 is 17.6 Å². The molecule has 0 fully saturated rings. The molecule has 0 aliphatic rings. The van der Waals surface area contributed by atoms with Crippen molar-refractivity contribution >= 4 is 5.97 Å². The first-order chi connectivity index (χ1) is 7.00. The molecule has 1 aromatic carbocycles. The van der Waals surface area contributed by atoms with Crippen LogP contribution >= 0.6 is 0 Å². The first kappa shape index (κ1) is 11.7. The number of methoxy groups -OCH3 is 1. The zero-order valence-electron chi connectivity index (χ0n) is 8.81. The van der Waals surface area contributed by atoms with Crippen LogP contribution in [-0.2, 0) is 15.1 Å². The van der Waals surface area contributed by atoms with Gasteiger partial charge in [0.15, 0.2) is 6.10 Å². The predicted molar refractivity (Wildman–Crippen MR) is 56.0 cm³/mol. The van der Waals surface area contributed by atoms with E-state index in [9.17, 15) is 9.90 Å². The summed E-state index contributed by atoms with van der Waals surface area (Å²) in [5.41, 5.74) is 5.45. The molecule has 4 heteroatoms. The Morgan fingerprint density at radius 2 is 2.00 bits per heavy atom. The van der Waals surface area contributed by atoms with E-state index in [0.717, 1.165) is 0 Å². The number of aliphatic hydroxyl groups excluding tert-OH is 1. The van der Waals surface area contributed by atoms with E-state index in [4.69, 9.17) is 5.73 Å². The number of hydrogen-bond acceptors (Lipinski definition) is 4. The van der Waals surface area contributed by atoms with Crippen LogP contribution in [0.25, 0.3) is 0 Å². The minimum absolute atomic E-state index is 0.683. The predicted octanol–water partition coefficient (Wildman–Crippen LogP) is 0.394. The Balaban J connectivity index is 2.97. The molecule has 0 aromatic heterocycles. The van der Waals surface area contributed by atoms with Gasteiger partial charge in [-0.25, -0.2) is 4.79 Å². The molecule has 0 amide bonds. The number of nitrogens with two attached hydrogens (primary N) is 1. The fourth-order valence-corrected chi connectivity index (χ4v) is 1.31. The summed E-state index contributed by atoms with van der Waals surface area (Å²) in [5, 5.41) is 9.70. The van der Waals surface area contributed by atoms with Gasteiger partial charge in [0.1, 0.15) is 0 Å². The van der Waals surface area contributed by atoms with Crippen LogP contribution in [0.5, 0.6) is 0 Å². The number of esters is 1. The Morgan fingerprint density at radius 3 is 2.47 bits per heavy atom. The third-order valence-electron chi connectivity index (χ3n) is 2.39. The van der Waals surface area contributed by atoms with Crippen molar-refractivity contribution in [3.05, 3.63) is 35.9 Å². The summed E-state index contributed by atoms with van der Waals surface area (Å²) in [6.45, 7) is 1.59. The van der Waals surface area contributed by atoms with E-state index in [1.54, 1.807) is 31.2 Å². The van der Waals surface area contributed by atoms with Gasteiger partial charge in [-0.1, -0.05) is 30.3 Å². The van der Waals surface area contributed by atoms with Gasteiger partial charge in [0, 0.05) is 0 Å². The Kier molecular flexibility index (Phi) is 3.44. The molecule has 1 aromatic rings. The number of carbonyl (C=O) groups excluding carboxylic acids is 1. The summed E-state index contributed by atoms with van der Waals surface area (Å²) in [5.74, 6) is -0.733. The number of rotatable bonds is 3. The highest BCUT2D eigenvalue weighted by Crippen LogP contribution is 2.22. The zero-order valence-corrected chi connectivity index (χ0v) is 8.81. The van der Waals surface area contributed by atoms with E-state index in [2.05, 4.69) is 4.74 Å². The molecular weight excluding hydrogens is 194 g/mol. The quantitative estimate of drug-likeness (QED) is 0.706. The maximum absolute atomic E-state index is 11.2. The van der Waals surface area contributed by atoms with Crippen LogP contribution in [-0.4, -0.2) is 24.3 Å². The maximum Gasteiger partial charge on any atom is 0.336 e. The molecule has 0 saturated heterocycles. The van der Waals surface area contributed by atoms with Crippen molar-refractivity contribution in [2.45, 2.75) is 18.6 Å². The van der Waals surface area contributed by atoms with Crippen molar-refractivity contribution < 1.29 is 14.6 Å². The van der Waals surface area contributed by atoms with Crippen LogP contribution in [0.3, 0.4) is 0 Å². The number of ether oxygens (including phenoxy) is 1. The van der Waals surface area contributed by atoms with Gasteiger partial charge in [-0.15, -0.1) is 0 Å². The van der Waals surface area contributed by atoms with Crippen molar-refractivity contribution in [1.29, 1.82) is 0 Å². The summed E-state index contributed by atoms with van der Waals surface area (Å²) >= 11 is 0. The molecule has 0 aliphatic carbocycles. The summed E-state index contributed by atoms with van der Waals surface area (Å²) in [6, 6.07) is 8.94. The summed E-state index contributed by atoms with van der Waals surface area (Å²) in [6.07, 6.45) is -1.37. The van der Waals surface area contributed by atoms with Gasteiger partial charge in [0.2, 0.25) is 0 Å². The van der Waals surface area contributed by atoms with Gasteiger partial charge in [0.25, 0.3) is 0 Å². The average Bonchev–Trinajstić information content (AvgIpc) is 2.28. The van der Waals surface area contributed by atoms with Crippen molar-refractivity contribution in [2.24, 2.45) is 5.73 Å². The molecule has 1 rings (SSSR count). The first-order valence-electron chi connectivity index (χ1n) is 4.60. The van der Waals surface area contributed by atoms with Crippen molar-refractivity contribution in [2.75, 3.05) is 7.11 Å². The van der Waals surface area contributed by atoms with Gasteiger partial charge < -0.3 is 15.6 Å². The highest BCUT2D eigenvalue weighted by molar-refractivity contribution is 5.76. The van der Waals surface area contributed by atoms with Gasteiger partial charge in [-0.2, -0.15) is 0 Å². The molecule has 0 unspecified atom stereocenters. The minimum Gasteiger partial charge on any atom is -0.467 e. The SMILES string of the molecule is COC(=O)[C@@H](O)[C@@](C)(N)c1ccccc1. The van der Waals surface area contributed by atoms with Crippen molar-refractivity contribution in [3.8, 4) is 0 Å². The topological polar surface area (TPSA) is 72.5 Å². The van der Waals surface area contributed by atoms with Crippen LogP contribution in [0, 0.1) is 0 Å². The Hall–Kier alpha value is -1.39. The average molecular weight is 209 g/mol. The molecule has 0 bridgehead atoms. The van der Waals surface area contributed by atoms with Gasteiger partial charge in [-0.05, 0) is 12.5 Å². The molecule has 0 heterocycles. The summed E-state index contributed by atoms with van der Waals surface area (Å²) in [7, 11) is 1.21. The first-order valence-corrected chi connectivity index (χ1v) is 4.60. The molecule has 0 spiro atoms. The van der Waals surface area contributed by atoms with E-state index in [-0.39, 0.29) is 0 Å². The summed E-state index contributed by atoms with van der Waals surface area (Å²) in [4.78, 5) is 11.2. The van der Waals surface area contributed by atoms with Crippen LogP contribution < -0.4 is 5.73 Å². The third kappa shape index (κ3) is 2.34. The highest BCUT2D eigenvalue weighted by Gasteiger charge is 2.36. The molecule has 15 heavy (non-hydrogen) atoms. The summed E-state index contributed by atoms with van der Waals surface area (Å²) < 4.78 is 4.45. The standard InChI is InChI=1S/C11H15NO3/c1-11(12,9(13)10(14)15-2)8-6-4-3-5-7-8/h3-7,9,13H,12H2,1-2H3/t9-,11+/m1/s1. The smallest absolute Gasteiger partial charge is 0.336 e. The Bertz CT molecular complexity index is 335. The number of aliphatic hydroxyl groups is 1. The normalized spacial score (nSPS) is 16.5. The molecule has 0 aliphatic heterocycles. The van der Waals surface area contributed by atoms with E-state index in [0.29, 0.717) is 5.56 Å². The van der Waals surface area contributed by atoms with Crippen LogP contribution in [0.4, 0.5) is 0 Å². The van der Waals surface area contributed by atoms with Crippen molar-refractivity contribution in [3.63, 3.8) is 0 Å². The minimum atomic E-state index is -1.37. The highest BCUT2D eigenvalue weighted by atomic mass is 16.5. The molecule has 0 saturated carbocycles. The molecule has 3 N–H and O–H groups in total. The molecule has 82 valence electrons. The molecule has 4 nitrogen and oxygen atoms in total. The maximum atomic E-state index is 11.2. The van der Waals surface area contributed by atoms with Crippen LogP contribution in [0.1, 0.15) is 12.5 Å². The lowest BCUT2D eigenvalue weighted by molar-refractivity contribution is -0.154. The van der Waals surface area contributed by atoms with Crippen LogP contribution in [0.2, 0.25) is 0 Å². The number of carbonyl (C=O) groups is 1. The lowest BCUT2D eigenvalue weighted by Gasteiger charge is -2.28. The van der Waals surface area contributed by atoms with E-state index in [1.807, 2.05) is 6.07 Å². The van der Waals surface area contributed by atoms with Gasteiger partial charge in [-0.3, -0.25) is 0 Å². The van der Waals surface area contributed by atoms with E-state index in [1.165, 1.54) is 7.11 Å². The second-order valence-electron chi connectivity index (χ2n) is 3.57. The fourth-order valence-electron chi connectivity index (χ4n) is 1.31. The van der Waals surface area contributed by atoms with Gasteiger partial charge >= 0.3 is 5.97 Å². The van der Waals surface area contributed by atoms with Crippen LogP contribution in [0.15, 0.2) is 30.3 Å². The van der Waals surface area contributed by atoms with Crippen molar-refractivity contribution in [1.82, 2.24) is 0 Å².